The zero-order valence-electron chi connectivity index (χ0n) is 9.96. The molecule has 0 saturated heterocycles. The highest BCUT2D eigenvalue weighted by Gasteiger charge is 2.55. The summed E-state index contributed by atoms with van der Waals surface area (Å²) in [7, 11) is 0. The van der Waals surface area contributed by atoms with E-state index in [0.717, 1.165) is 6.92 Å². The molecule has 21 heavy (non-hydrogen) atoms. The minimum atomic E-state index is -5.09. The maximum Gasteiger partial charge on any atom is 0.436 e. The number of rotatable bonds is 3. The van der Waals surface area contributed by atoms with Crippen LogP contribution in [0.1, 0.15) is 6.92 Å². The van der Waals surface area contributed by atoms with Gasteiger partial charge in [-0.2, -0.15) is 26.3 Å². The molecule has 0 saturated carbocycles. The Balaban J connectivity index is 0. The summed E-state index contributed by atoms with van der Waals surface area (Å²) in [5, 5.41) is 7.79. The van der Waals surface area contributed by atoms with E-state index >= 15 is 0 Å². The Kier molecular flexibility index (Phi) is 8.69. The first-order valence-electron chi connectivity index (χ1n) is 4.61. The molecule has 0 spiro atoms. The molecule has 13 heteroatoms. The van der Waals surface area contributed by atoms with E-state index in [0.29, 0.717) is 0 Å². The Hall–Kier alpha value is -0.170. The molecule has 2 unspecified atom stereocenters. The van der Waals surface area contributed by atoms with Crippen LogP contribution in [0, 0.1) is 0 Å². The molecule has 0 aromatic rings. The van der Waals surface area contributed by atoms with Crippen LogP contribution in [0.15, 0.2) is 0 Å². The molecule has 0 aliphatic rings. The summed E-state index contributed by atoms with van der Waals surface area (Å²) in [5.74, 6) is -0.972. The Morgan fingerprint density at radius 1 is 0.952 bits per heavy atom. The fraction of sp³-hybridized carbons (Fsp3) is 0.875. The van der Waals surface area contributed by atoms with Crippen molar-refractivity contribution < 1.29 is 49.8 Å². The molecule has 0 aromatic heterocycles. The number of hydrogen-bond donors (Lipinski definition) is 1. The first kappa shape index (κ1) is 23.1. The number of halogens is 10. The lowest BCUT2D eigenvalue weighted by Crippen LogP contribution is -2.39. The zero-order valence-corrected chi connectivity index (χ0v) is 13.1. The van der Waals surface area contributed by atoms with Crippen molar-refractivity contribution in [2.75, 3.05) is 13.2 Å². The molecule has 0 radical (unpaired) electrons. The zero-order chi connectivity index (χ0) is 17.7. The lowest BCUT2D eigenvalue weighted by molar-refractivity contribution is -0.206. The number of aliphatic hydroxyl groups excluding tert-OH is 1. The Morgan fingerprint density at radius 3 is 1.43 bits per heavy atom. The van der Waals surface area contributed by atoms with Crippen LogP contribution >= 0.6 is 31.9 Å². The van der Waals surface area contributed by atoms with Crippen molar-refractivity contribution in [2.45, 2.75) is 28.4 Å². The van der Waals surface area contributed by atoms with E-state index in [9.17, 15) is 39.9 Å². The number of hydrogen-bond acceptors (Lipinski definition) is 3. The van der Waals surface area contributed by atoms with Gasteiger partial charge >= 0.3 is 18.3 Å². The van der Waals surface area contributed by atoms with Crippen molar-refractivity contribution in [3.05, 3.63) is 0 Å². The summed E-state index contributed by atoms with van der Waals surface area (Å²) in [4.78, 5) is 10.0. The fourth-order valence-corrected chi connectivity index (χ4v) is 0.478. The number of carbonyl (C=O) groups is 1. The Morgan fingerprint density at radius 2 is 1.29 bits per heavy atom. The van der Waals surface area contributed by atoms with Gasteiger partial charge in [0.2, 0.25) is 0 Å². The van der Waals surface area contributed by atoms with Crippen LogP contribution in [-0.4, -0.2) is 45.8 Å². The Labute approximate surface area is 129 Å². The van der Waals surface area contributed by atoms with Gasteiger partial charge in [0.05, 0.1) is 6.61 Å². The topological polar surface area (TPSA) is 46.5 Å². The van der Waals surface area contributed by atoms with Gasteiger partial charge in [-0.25, -0.2) is 8.78 Å². The van der Waals surface area contributed by atoms with Crippen LogP contribution in [0.2, 0.25) is 0 Å². The molecule has 1 N–H and O–H groups in total. The van der Waals surface area contributed by atoms with E-state index < -0.39 is 40.7 Å². The van der Waals surface area contributed by atoms with Crippen molar-refractivity contribution in [3.8, 4) is 0 Å². The van der Waals surface area contributed by atoms with Gasteiger partial charge in [-0.15, -0.1) is 0 Å². The standard InChI is InChI=1S/C5H5BrF4O2.C3H3BrF4O/c1-3(11)12-2-4(6,7)5(8,9)10;4-2(5,1-9)3(6,7)8/h2H2,1H3;9H,1H2. The van der Waals surface area contributed by atoms with Gasteiger partial charge in [-0.3, -0.25) is 4.79 Å². The second kappa shape index (κ2) is 7.90. The molecule has 0 aromatic carbocycles. The van der Waals surface area contributed by atoms with E-state index in [2.05, 4.69) is 4.74 Å². The first-order valence-corrected chi connectivity index (χ1v) is 6.20. The third-order valence-electron chi connectivity index (χ3n) is 1.48. The van der Waals surface area contributed by atoms with Crippen LogP contribution in [-0.2, 0) is 9.53 Å². The lowest BCUT2D eigenvalue weighted by Gasteiger charge is -2.20. The van der Waals surface area contributed by atoms with Gasteiger partial charge in [-0.1, -0.05) is 0 Å². The summed E-state index contributed by atoms with van der Waals surface area (Å²) in [6.45, 7) is -2.11. The molecule has 0 amide bonds. The predicted molar refractivity (Wildman–Crippen MR) is 61.4 cm³/mol. The SMILES string of the molecule is CC(=O)OCC(F)(Br)C(F)(F)F.OCC(F)(Br)C(F)(F)F. The van der Waals surface area contributed by atoms with Gasteiger partial charge in [0, 0.05) is 6.92 Å². The normalized spacial score (nSPS) is 17.9. The van der Waals surface area contributed by atoms with Gasteiger partial charge in [0.15, 0.2) is 0 Å². The molecule has 2 atom stereocenters. The summed E-state index contributed by atoms with van der Waals surface area (Å²) in [6, 6.07) is 0. The number of esters is 1. The monoisotopic (exact) mass is 462 g/mol. The summed E-state index contributed by atoms with van der Waals surface area (Å²) in [6.07, 6.45) is -10.1. The second-order valence-electron chi connectivity index (χ2n) is 3.34. The van der Waals surface area contributed by atoms with Crippen molar-refractivity contribution in [3.63, 3.8) is 0 Å². The van der Waals surface area contributed by atoms with E-state index in [1.807, 2.05) is 0 Å². The van der Waals surface area contributed by atoms with E-state index in [-0.39, 0.29) is 0 Å². The third kappa shape index (κ3) is 8.76. The molecule has 128 valence electrons. The minimum absolute atomic E-state index is 0.888. The van der Waals surface area contributed by atoms with Crippen molar-refractivity contribution >= 4 is 37.8 Å². The molecule has 0 heterocycles. The molecular weight excluding hydrogens is 456 g/mol. The molecule has 0 aliphatic heterocycles. The minimum Gasteiger partial charge on any atom is -0.461 e. The maximum absolute atomic E-state index is 12.5. The maximum atomic E-state index is 12.5. The highest BCUT2D eigenvalue weighted by Crippen LogP contribution is 2.39. The highest BCUT2D eigenvalue weighted by molar-refractivity contribution is 9.10. The number of aliphatic hydroxyl groups is 1. The lowest BCUT2D eigenvalue weighted by atomic mass is 10.4. The second-order valence-corrected chi connectivity index (χ2v) is 5.86. The molecular formula is C8H8Br2F8O3. The first-order chi connectivity index (χ1) is 8.98. The van der Waals surface area contributed by atoms with Gasteiger partial charge in [0.1, 0.15) is 6.61 Å². The van der Waals surface area contributed by atoms with Crippen LogP contribution in [0.25, 0.3) is 0 Å². The van der Waals surface area contributed by atoms with Gasteiger partial charge < -0.3 is 9.84 Å². The molecule has 0 fully saturated rings. The molecule has 0 aliphatic carbocycles. The van der Waals surface area contributed by atoms with Crippen LogP contribution in [0.5, 0.6) is 0 Å². The van der Waals surface area contributed by atoms with E-state index in [1.165, 1.54) is 0 Å². The smallest absolute Gasteiger partial charge is 0.436 e. The fourth-order valence-electron chi connectivity index (χ4n) is 0.364. The van der Waals surface area contributed by atoms with Gasteiger partial charge in [0.25, 0.3) is 9.16 Å². The van der Waals surface area contributed by atoms with E-state index in [4.69, 9.17) is 5.11 Å². The van der Waals surface area contributed by atoms with Crippen molar-refractivity contribution in [1.82, 2.24) is 0 Å². The summed E-state index contributed by atoms with van der Waals surface area (Å²) in [5.41, 5.74) is 0. The van der Waals surface area contributed by atoms with Gasteiger partial charge in [-0.05, 0) is 31.9 Å². The average molecular weight is 464 g/mol. The highest BCUT2D eigenvalue weighted by atomic mass is 79.9. The van der Waals surface area contributed by atoms with Crippen molar-refractivity contribution in [1.29, 1.82) is 0 Å². The van der Waals surface area contributed by atoms with E-state index in [1.54, 1.807) is 31.9 Å². The quantitative estimate of drug-likeness (QED) is 0.394. The molecule has 0 rings (SSSR count). The van der Waals surface area contributed by atoms with Crippen LogP contribution < -0.4 is 0 Å². The Bertz CT molecular complexity index is 339. The number of alkyl halides is 10. The predicted octanol–water partition coefficient (Wildman–Crippen LogP) is 3.77. The molecule has 3 nitrogen and oxygen atoms in total. The number of ether oxygens (including phenoxy) is 1. The van der Waals surface area contributed by atoms with Crippen molar-refractivity contribution in [2.24, 2.45) is 0 Å². The largest absolute Gasteiger partial charge is 0.461 e. The van der Waals surface area contributed by atoms with Crippen LogP contribution in [0.3, 0.4) is 0 Å². The third-order valence-corrected chi connectivity index (χ3v) is 2.86. The van der Waals surface area contributed by atoms with Crippen LogP contribution in [0.4, 0.5) is 35.1 Å². The summed E-state index contributed by atoms with van der Waals surface area (Å²) >= 11 is 3.42. The average Bonchev–Trinajstić information content (AvgIpc) is 2.24. The summed E-state index contributed by atoms with van der Waals surface area (Å²) < 4.78 is 89.6. The number of carbonyl (C=O) groups excluding carboxylic acids is 1. The molecule has 0 bridgehead atoms.